The van der Waals surface area contributed by atoms with Crippen LogP contribution in [-0.2, 0) is 4.79 Å². The van der Waals surface area contributed by atoms with Gasteiger partial charge in [-0.25, -0.2) is 0 Å². The molecular formula is C16H25NO. The highest BCUT2D eigenvalue weighted by Crippen LogP contribution is 2.31. The van der Waals surface area contributed by atoms with Gasteiger partial charge in [0.05, 0.1) is 5.54 Å². The second kappa shape index (κ2) is 8.51. The molecule has 0 heterocycles. The molecule has 0 N–H and O–H groups in total. The lowest BCUT2D eigenvalue weighted by molar-refractivity contribution is -0.131. The Balaban J connectivity index is 5.45. The van der Waals surface area contributed by atoms with Gasteiger partial charge < -0.3 is 4.90 Å². The minimum absolute atomic E-state index is 0.0629. The minimum atomic E-state index is -0.252. The van der Waals surface area contributed by atoms with Crippen LogP contribution in [-0.4, -0.2) is 22.9 Å². The van der Waals surface area contributed by atoms with E-state index < -0.39 is 0 Å². The maximum Gasteiger partial charge on any atom is 0.246 e. The number of hydrogen-bond donors (Lipinski definition) is 0. The predicted octanol–water partition coefficient (Wildman–Crippen LogP) is 3.88. The Morgan fingerprint density at radius 3 is 2.00 bits per heavy atom. The van der Waals surface area contributed by atoms with Crippen molar-refractivity contribution in [3.8, 4) is 0 Å². The molecule has 0 aromatic heterocycles. The molecule has 0 radical (unpaired) electrons. The zero-order chi connectivity index (χ0) is 14.0. The van der Waals surface area contributed by atoms with Crippen LogP contribution in [0.25, 0.3) is 0 Å². The quantitative estimate of drug-likeness (QED) is 0.424. The van der Waals surface area contributed by atoms with E-state index in [4.69, 9.17) is 0 Å². The van der Waals surface area contributed by atoms with E-state index in [9.17, 15) is 4.79 Å². The molecule has 0 fully saturated rings. The number of nitrogens with zero attached hydrogens (tertiary/aromatic N) is 1. The van der Waals surface area contributed by atoms with Crippen molar-refractivity contribution in [3.05, 3.63) is 50.6 Å². The molecule has 0 unspecified atom stereocenters. The summed E-state index contributed by atoms with van der Waals surface area (Å²) in [5.74, 6) is -0.0629. The van der Waals surface area contributed by atoms with Crippen LogP contribution < -0.4 is 0 Å². The number of rotatable bonds is 10. The summed E-state index contributed by atoms with van der Waals surface area (Å²) in [7, 11) is 0. The van der Waals surface area contributed by atoms with Crippen molar-refractivity contribution >= 4 is 5.91 Å². The summed E-state index contributed by atoms with van der Waals surface area (Å²) in [5.41, 5.74) is -0.252. The average Bonchev–Trinajstić information content (AvgIpc) is 2.36. The van der Waals surface area contributed by atoms with Crippen molar-refractivity contribution in [2.45, 2.75) is 38.1 Å². The molecule has 0 aliphatic carbocycles. The third-order valence-electron chi connectivity index (χ3n) is 3.09. The van der Waals surface area contributed by atoms with Crippen molar-refractivity contribution in [2.75, 3.05) is 6.54 Å². The Labute approximate surface area is 111 Å². The van der Waals surface area contributed by atoms with Gasteiger partial charge in [-0.05, 0) is 25.3 Å². The molecule has 0 spiro atoms. The smallest absolute Gasteiger partial charge is 0.246 e. The third kappa shape index (κ3) is 4.02. The normalized spacial score (nSPS) is 10.5. The molecule has 0 saturated carbocycles. The van der Waals surface area contributed by atoms with Crippen LogP contribution in [0.2, 0.25) is 0 Å². The molecule has 0 bridgehead atoms. The Bertz CT molecular complexity index is 307. The second-order valence-corrected chi connectivity index (χ2v) is 4.40. The lowest BCUT2D eigenvalue weighted by Gasteiger charge is -2.42. The molecule has 2 nitrogen and oxygen atoms in total. The van der Waals surface area contributed by atoms with Gasteiger partial charge in [-0.15, -0.1) is 19.7 Å². The first-order valence-corrected chi connectivity index (χ1v) is 6.38. The van der Waals surface area contributed by atoms with Crippen LogP contribution in [0.5, 0.6) is 0 Å². The Morgan fingerprint density at radius 1 is 1.11 bits per heavy atom. The first-order valence-electron chi connectivity index (χ1n) is 6.38. The maximum atomic E-state index is 12.1. The van der Waals surface area contributed by atoms with Crippen LogP contribution >= 0.6 is 0 Å². The summed E-state index contributed by atoms with van der Waals surface area (Å²) < 4.78 is 0. The number of hydrogen-bond acceptors (Lipinski definition) is 1. The first-order chi connectivity index (χ1) is 8.61. The minimum Gasteiger partial charge on any atom is -0.329 e. The fourth-order valence-electron chi connectivity index (χ4n) is 2.40. The summed E-state index contributed by atoms with van der Waals surface area (Å²) in [4.78, 5) is 13.9. The summed E-state index contributed by atoms with van der Waals surface area (Å²) in [6.45, 7) is 17.6. The molecule has 0 rings (SSSR count). The van der Waals surface area contributed by atoms with E-state index in [2.05, 4.69) is 33.2 Å². The van der Waals surface area contributed by atoms with E-state index >= 15 is 0 Å². The highest BCUT2D eigenvalue weighted by molar-refractivity contribution is 5.87. The summed E-state index contributed by atoms with van der Waals surface area (Å²) >= 11 is 0. The lowest BCUT2D eigenvalue weighted by Crippen LogP contribution is -2.51. The third-order valence-corrected chi connectivity index (χ3v) is 3.09. The van der Waals surface area contributed by atoms with Crippen LogP contribution in [0.1, 0.15) is 32.6 Å². The lowest BCUT2D eigenvalue weighted by atomic mass is 9.84. The Kier molecular flexibility index (Phi) is 7.77. The second-order valence-electron chi connectivity index (χ2n) is 4.40. The van der Waals surface area contributed by atoms with E-state index in [1.807, 2.05) is 17.1 Å². The molecule has 18 heavy (non-hydrogen) atoms. The molecule has 100 valence electrons. The SMILES string of the molecule is C=CCN(C(=O)C=C)C(CC=C)(CC=C)CCC. The topological polar surface area (TPSA) is 20.3 Å². The molecule has 0 saturated heterocycles. The number of amides is 1. The van der Waals surface area contributed by atoms with Crippen LogP contribution in [0.4, 0.5) is 0 Å². The van der Waals surface area contributed by atoms with Gasteiger partial charge in [-0.3, -0.25) is 4.79 Å². The molecule has 0 aromatic carbocycles. The van der Waals surface area contributed by atoms with Crippen molar-refractivity contribution < 1.29 is 4.79 Å². The van der Waals surface area contributed by atoms with E-state index in [0.717, 1.165) is 25.7 Å². The average molecular weight is 247 g/mol. The molecule has 0 aliphatic heterocycles. The van der Waals surface area contributed by atoms with Gasteiger partial charge in [0.2, 0.25) is 5.91 Å². The van der Waals surface area contributed by atoms with Gasteiger partial charge in [0.1, 0.15) is 0 Å². The summed E-state index contributed by atoms with van der Waals surface area (Å²) in [6, 6.07) is 0. The van der Waals surface area contributed by atoms with E-state index in [1.54, 1.807) is 6.08 Å². The Hall–Kier alpha value is -1.57. The highest BCUT2D eigenvalue weighted by Gasteiger charge is 2.35. The molecular weight excluding hydrogens is 222 g/mol. The summed E-state index contributed by atoms with van der Waals surface area (Å²) in [5, 5.41) is 0. The monoisotopic (exact) mass is 247 g/mol. The van der Waals surface area contributed by atoms with Crippen LogP contribution in [0, 0.1) is 0 Å². The molecule has 0 atom stereocenters. The largest absolute Gasteiger partial charge is 0.329 e. The summed E-state index contributed by atoms with van der Waals surface area (Å²) in [6.07, 6.45) is 10.3. The fourth-order valence-corrected chi connectivity index (χ4v) is 2.40. The predicted molar refractivity (Wildman–Crippen MR) is 79.4 cm³/mol. The number of carbonyl (C=O) groups is 1. The standard InChI is InChI=1S/C16H25NO/c1-6-11-16(12-7-2,13-8-3)17(14-9-4)15(18)10-5/h6-7,9-10H,1-2,4-5,8,11-14H2,3H3. The van der Waals surface area contributed by atoms with Crippen LogP contribution in [0.3, 0.4) is 0 Å². The van der Waals surface area contributed by atoms with E-state index in [0.29, 0.717) is 6.54 Å². The van der Waals surface area contributed by atoms with Crippen LogP contribution in [0.15, 0.2) is 50.6 Å². The van der Waals surface area contributed by atoms with Gasteiger partial charge in [0.25, 0.3) is 0 Å². The van der Waals surface area contributed by atoms with Gasteiger partial charge in [-0.2, -0.15) is 0 Å². The molecule has 1 amide bonds. The molecule has 2 heteroatoms. The van der Waals surface area contributed by atoms with E-state index in [-0.39, 0.29) is 11.4 Å². The van der Waals surface area contributed by atoms with Gasteiger partial charge in [0, 0.05) is 6.54 Å². The first kappa shape index (κ1) is 16.4. The zero-order valence-corrected chi connectivity index (χ0v) is 11.5. The van der Waals surface area contributed by atoms with Gasteiger partial charge in [0.15, 0.2) is 0 Å². The van der Waals surface area contributed by atoms with Crippen molar-refractivity contribution in [1.29, 1.82) is 0 Å². The van der Waals surface area contributed by atoms with Gasteiger partial charge in [-0.1, -0.05) is 38.2 Å². The molecule has 0 aliphatic rings. The van der Waals surface area contributed by atoms with Crippen molar-refractivity contribution in [1.82, 2.24) is 4.90 Å². The Morgan fingerprint density at radius 2 is 1.67 bits per heavy atom. The number of carbonyl (C=O) groups excluding carboxylic acids is 1. The van der Waals surface area contributed by atoms with Crippen molar-refractivity contribution in [2.24, 2.45) is 0 Å². The highest BCUT2D eigenvalue weighted by atomic mass is 16.2. The van der Waals surface area contributed by atoms with Crippen molar-refractivity contribution in [3.63, 3.8) is 0 Å². The zero-order valence-electron chi connectivity index (χ0n) is 11.5. The maximum absolute atomic E-state index is 12.1. The van der Waals surface area contributed by atoms with Gasteiger partial charge >= 0.3 is 0 Å². The van der Waals surface area contributed by atoms with E-state index in [1.165, 1.54) is 6.08 Å². The fraction of sp³-hybridized carbons (Fsp3) is 0.438. The molecule has 0 aromatic rings.